The molecule has 1 fully saturated rings. The minimum absolute atomic E-state index is 0.0764. The lowest BCUT2D eigenvalue weighted by atomic mass is 10.1. The molecule has 8 heteroatoms. The zero-order chi connectivity index (χ0) is 23.3. The number of hydrogen-bond acceptors (Lipinski definition) is 4. The molecular formula is C24H27N3O4S. The van der Waals surface area contributed by atoms with Crippen LogP contribution < -0.4 is 5.32 Å². The number of nitrogens with one attached hydrogen (secondary N) is 1. The summed E-state index contributed by atoms with van der Waals surface area (Å²) in [5, 5.41) is 2.71. The molecule has 2 aromatic carbocycles. The molecule has 0 aromatic heterocycles. The van der Waals surface area contributed by atoms with E-state index in [0.717, 1.165) is 19.3 Å². The lowest BCUT2D eigenvalue weighted by molar-refractivity contribution is -0.116. The van der Waals surface area contributed by atoms with E-state index in [1.807, 2.05) is 6.92 Å². The first-order valence-electron chi connectivity index (χ1n) is 10.5. The molecule has 1 atom stereocenters. The summed E-state index contributed by atoms with van der Waals surface area (Å²) in [5.74, 6) is 1.67. The topological polar surface area (TPSA) is 86.8 Å². The van der Waals surface area contributed by atoms with E-state index in [-0.39, 0.29) is 29.0 Å². The van der Waals surface area contributed by atoms with Crippen molar-refractivity contribution in [3.63, 3.8) is 0 Å². The Labute approximate surface area is 189 Å². The molecule has 1 saturated heterocycles. The van der Waals surface area contributed by atoms with Crippen LogP contribution in [0.4, 0.5) is 5.69 Å². The van der Waals surface area contributed by atoms with E-state index >= 15 is 0 Å². The van der Waals surface area contributed by atoms with Gasteiger partial charge in [0.2, 0.25) is 15.9 Å². The van der Waals surface area contributed by atoms with Crippen LogP contribution in [0.3, 0.4) is 0 Å². The number of carbonyl (C=O) groups excluding carboxylic acids is 2. The number of hydrogen-bond donors (Lipinski definition) is 1. The van der Waals surface area contributed by atoms with Crippen molar-refractivity contribution in [1.29, 1.82) is 0 Å². The van der Waals surface area contributed by atoms with Gasteiger partial charge in [0, 0.05) is 36.4 Å². The summed E-state index contributed by atoms with van der Waals surface area (Å²) < 4.78 is 27.7. The quantitative estimate of drug-likeness (QED) is 0.682. The molecule has 3 rings (SSSR count). The van der Waals surface area contributed by atoms with Gasteiger partial charge in [-0.25, -0.2) is 8.42 Å². The SMILES string of the molecule is C#Cc1cccc(NC(=O)CN(C)C(=O)c2cccc(S(=O)(=O)N3CCCCC3C)c2)c1. The second kappa shape index (κ2) is 9.98. The second-order valence-electron chi connectivity index (χ2n) is 7.92. The lowest BCUT2D eigenvalue weighted by Crippen LogP contribution is -2.42. The minimum Gasteiger partial charge on any atom is -0.332 e. The third-order valence-corrected chi connectivity index (χ3v) is 7.48. The van der Waals surface area contributed by atoms with Gasteiger partial charge >= 0.3 is 0 Å². The van der Waals surface area contributed by atoms with E-state index in [4.69, 9.17) is 6.42 Å². The largest absolute Gasteiger partial charge is 0.332 e. The number of terminal acetylenes is 1. The van der Waals surface area contributed by atoms with Gasteiger partial charge in [-0.3, -0.25) is 9.59 Å². The Morgan fingerprint density at radius 1 is 1.19 bits per heavy atom. The van der Waals surface area contributed by atoms with Crippen LogP contribution in [0.2, 0.25) is 0 Å². The van der Waals surface area contributed by atoms with E-state index in [1.54, 1.807) is 36.4 Å². The molecule has 0 aliphatic carbocycles. The number of likely N-dealkylation sites (N-methyl/N-ethyl adjacent to an activating group) is 1. The molecule has 0 spiro atoms. The highest BCUT2D eigenvalue weighted by molar-refractivity contribution is 7.89. The van der Waals surface area contributed by atoms with Crippen molar-refractivity contribution in [2.45, 2.75) is 37.1 Å². The van der Waals surface area contributed by atoms with E-state index in [0.29, 0.717) is 17.8 Å². The van der Waals surface area contributed by atoms with E-state index in [1.165, 1.54) is 28.4 Å². The highest BCUT2D eigenvalue weighted by atomic mass is 32.2. The Balaban J connectivity index is 1.70. The molecule has 1 aliphatic heterocycles. The Bertz CT molecular complexity index is 1150. The molecule has 1 heterocycles. The molecule has 1 unspecified atom stereocenters. The van der Waals surface area contributed by atoms with E-state index in [2.05, 4.69) is 11.2 Å². The molecule has 168 valence electrons. The number of piperidine rings is 1. The summed E-state index contributed by atoms with van der Waals surface area (Å²) in [6, 6.07) is 12.7. The third kappa shape index (κ3) is 5.36. The van der Waals surface area contributed by atoms with Crippen molar-refractivity contribution in [1.82, 2.24) is 9.21 Å². The van der Waals surface area contributed by atoms with Gasteiger partial charge in [-0.1, -0.05) is 24.5 Å². The lowest BCUT2D eigenvalue weighted by Gasteiger charge is -2.32. The van der Waals surface area contributed by atoms with Crippen LogP contribution in [0.25, 0.3) is 0 Å². The first kappa shape index (κ1) is 23.5. The Hall–Kier alpha value is -3.15. The zero-order valence-corrected chi connectivity index (χ0v) is 19.1. The van der Waals surface area contributed by atoms with Crippen LogP contribution in [0, 0.1) is 12.3 Å². The van der Waals surface area contributed by atoms with Crippen molar-refractivity contribution in [2.24, 2.45) is 0 Å². The summed E-state index contributed by atoms with van der Waals surface area (Å²) in [5.41, 5.74) is 1.38. The fraction of sp³-hybridized carbons (Fsp3) is 0.333. The van der Waals surface area contributed by atoms with Crippen LogP contribution in [0.5, 0.6) is 0 Å². The number of sulfonamides is 1. The van der Waals surface area contributed by atoms with Gasteiger partial charge in [-0.15, -0.1) is 6.42 Å². The molecule has 32 heavy (non-hydrogen) atoms. The van der Waals surface area contributed by atoms with Gasteiger partial charge in [0.05, 0.1) is 11.4 Å². The molecular weight excluding hydrogens is 426 g/mol. The van der Waals surface area contributed by atoms with E-state index in [9.17, 15) is 18.0 Å². The molecule has 7 nitrogen and oxygen atoms in total. The Kier molecular flexibility index (Phi) is 7.33. The predicted octanol–water partition coefficient (Wildman–Crippen LogP) is 2.94. The summed E-state index contributed by atoms with van der Waals surface area (Å²) >= 11 is 0. The molecule has 0 radical (unpaired) electrons. The Morgan fingerprint density at radius 3 is 2.66 bits per heavy atom. The molecule has 1 aliphatic rings. The summed E-state index contributed by atoms with van der Waals surface area (Å²) in [7, 11) is -2.20. The summed E-state index contributed by atoms with van der Waals surface area (Å²) in [6.45, 7) is 2.18. The molecule has 2 amide bonds. The fourth-order valence-electron chi connectivity index (χ4n) is 3.75. The van der Waals surface area contributed by atoms with Crippen molar-refractivity contribution < 1.29 is 18.0 Å². The monoisotopic (exact) mass is 453 g/mol. The van der Waals surface area contributed by atoms with Gasteiger partial charge in [-0.2, -0.15) is 4.31 Å². The second-order valence-corrected chi connectivity index (χ2v) is 9.81. The zero-order valence-electron chi connectivity index (χ0n) is 18.2. The van der Waals surface area contributed by atoms with Crippen LogP contribution in [0.15, 0.2) is 53.4 Å². The van der Waals surface area contributed by atoms with Crippen molar-refractivity contribution in [3.8, 4) is 12.3 Å². The maximum Gasteiger partial charge on any atom is 0.254 e. The first-order valence-corrected chi connectivity index (χ1v) is 11.9. The summed E-state index contributed by atoms with van der Waals surface area (Å²) in [6.07, 6.45) is 8.02. The number of nitrogens with zero attached hydrogens (tertiary/aromatic N) is 2. The number of anilines is 1. The number of benzene rings is 2. The molecule has 2 aromatic rings. The van der Waals surface area contributed by atoms with Crippen molar-refractivity contribution >= 4 is 27.5 Å². The Morgan fingerprint density at radius 2 is 1.94 bits per heavy atom. The first-order chi connectivity index (χ1) is 15.2. The molecule has 0 bridgehead atoms. The highest BCUT2D eigenvalue weighted by Gasteiger charge is 2.31. The predicted molar refractivity (Wildman–Crippen MR) is 124 cm³/mol. The normalized spacial score (nSPS) is 16.7. The average Bonchev–Trinajstić information content (AvgIpc) is 2.78. The standard InChI is InChI=1S/C24H27N3O4S/c1-4-19-10-7-12-21(15-19)25-23(28)17-26(3)24(29)20-11-8-13-22(16-20)32(30,31)27-14-6-5-9-18(27)2/h1,7-8,10-13,15-16,18H,5-6,9,14,17H2,2-3H3,(H,25,28). The maximum atomic E-state index is 13.1. The molecule has 0 saturated carbocycles. The highest BCUT2D eigenvalue weighted by Crippen LogP contribution is 2.25. The third-order valence-electron chi connectivity index (χ3n) is 5.47. The van der Waals surface area contributed by atoms with E-state index < -0.39 is 15.9 Å². The number of amides is 2. The maximum absolute atomic E-state index is 13.1. The van der Waals surface area contributed by atoms with Gasteiger partial charge in [0.25, 0.3) is 5.91 Å². The minimum atomic E-state index is -3.70. The van der Waals surface area contributed by atoms with Gasteiger partial charge < -0.3 is 10.2 Å². The van der Waals surface area contributed by atoms with Crippen LogP contribution in [-0.2, 0) is 14.8 Å². The molecule has 1 N–H and O–H groups in total. The van der Waals surface area contributed by atoms with Crippen molar-refractivity contribution in [3.05, 3.63) is 59.7 Å². The van der Waals surface area contributed by atoms with Crippen LogP contribution in [-0.4, -0.2) is 55.6 Å². The fourth-order valence-corrected chi connectivity index (χ4v) is 5.49. The number of rotatable bonds is 6. The smallest absolute Gasteiger partial charge is 0.254 e. The van der Waals surface area contributed by atoms with Crippen LogP contribution >= 0.6 is 0 Å². The van der Waals surface area contributed by atoms with Crippen molar-refractivity contribution in [2.75, 3.05) is 25.5 Å². The summed E-state index contributed by atoms with van der Waals surface area (Å²) in [4.78, 5) is 26.6. The van der Waals surface area contributed by atoms with Gasteiger partial charge in [-0.05, 0) is 56.2 Å². The van der Waals surface area contributed by atoms with Gasteiger partial charge in [0.1, 0.15) is 0 Å². The van der Waals surface area contributed by atoms with Crippen LogP contribution in [0.1, 0.15) is 42.1 Å². The average molecular weight is 454 g/mol. The number of carbonyl (C=O) groups is 2. The van der Waals surface area contributed by atoms with Gasteiger partial charge in [0.15, 0.2) is 0 Å².